The molecular weight excluding hydrogens is 299 g/mol. The summed E-state index contributed by atoms with van der Waals surface area (Å²) in [6, 6.07) is 0. The Hall–Kier alpha value is 0.496. The van der Waals surface area contributed by atoms with Crippen molar-refractivity contribution in [3.05, 3.63) is 0 Å². The molecule has 0 radical (unpaired) electrons. The van der Waals surface area contributed by atoms with Gasteiger partial charge in [-0.2, -0.15) is 0 Å². The van der Waals surface area contributed by atoms with Gasteiger partial charge in [-0.15, -0.1) is 0 Å². The number of rotatable bonds is 12. The van der Waals surface area contributed by atoms with Gasteiger partial charge < -0.3 is 15.3 Å². The van der Waals surface area contributed by atoms with E-state index in [4.69, 9.17) is 5.11 Å². The summed E-state index contributed by atoms with van der Waals surface area (Å²) in [5, 5.41) is 29.5. The fourth-order valence-corrected chi connectivity index (χ4v) is 1.87. The van der Waals surface area contributed by atoms with Gasteiger partial charge in [0.1, 0.15) is 0 Å². The second kappa shape index (κ2) is 15.4. The molecule has 0 saturated carbocycles. The van der Waals surface area contributed by atoms with Gasteiger partial charge in [0, 0.05) is 6.54 Å². The number of hydrogen-bond acceptors (Lipinski definition) is 5. The molecule has 1 atom stereocenters. The number of unbranched alkanes of at least 4 members (excludes halogenated alkanes) is 4. The summed E-state index contributed by atoms with van der Waals surface area (Å²) < 4.78 is 0. The molecule has 1 unspecified atom stereocenters. The molecule has 2 N–H and O–H groups in total. The Balaban J connectivity index is 0. The van der Waals surface area contributed by atoms with E-state index in [1.54, 1.807) is 6.92 Å². The normalized spacial score (nSPS) is 13.0. The molecular formula is C14H27KN2O4. The van der Waals surface area contributed by atoms with Crippen molar-refractivity contribution >= 4 is 11.9 Å². The molecule has 0 aromatic carbocycles. The minimum atomic E-state index is -0.993. The van der Waals surface area contributed by atoms with E-state index in [0.717, 1.165) is 19.3 Å². The van der Waals surface area contributed by atoms with E-state index < -0.39 is 12.1 Å². The Morgan fingerprint density at radius 1 is 1.29 bits per heavy atom. The molecule has 0 saturated heterocycles. The number of aliphatic hydroxyl groups is 1. The maximum atomic E-state index is 11.5. The number of carboxylic acid groups (broad SMARTS) is 1. The molecule has 0 aromatic heterocycles. The zero-order chi connectivity index (χ0) is 15.4. The summed E-state index contributed by atoms with van der Waals surface area (Å²) in [6.45, 7) is 3.72. The van der Waals surface area contributed by atoms with E-state index in [-0.39, 0.29) is 77.0 Å². The second-order valence-electron chi connectivity index (χ2n) is 5.11. The fraction of sp³-hybridized carbons (Fsp3) is 0.857. The smallest absolute Gasteiger partial charge is 0.862 e. The van der Waals surface area contributed by atoms with E-state index in [0.29, 0.717) is 6.42 Å². The number of carboxylic acids is 1. The van der Waals surface area contributed by atoms with Crippen molar-refractivity contribution in [2.45, 2.75) is 58.5 Å². The Morgan fingerprint density at radius 2 is 1.90 bits per heavy atom. The van der Waals surface area contributed by atoms with Crippen LogP contribution in [0.4, 0.5) is 0 Å². The van der Waals surface area contributed by atoms with Crippen LogP contribution in [0.1, 0.15) is 52.4 Å². The van der Waals surface area contributed by atoms with E-state index >= 15 is 0 Å². The van der Waals surface area contributed by atoms with Crippen LogP contribution in [0, 0.1) is 0 Å². The topological polar surface area (TPSA) is 96.2 Å². The van der Waals surface area contributed by atoms with Crippen LogP contribution in [0.15, 0.2) is 4.99 Å². The van der Waals surface area contributed by atoms with Crippen molar-refractivity contribution in [3.8, 4) is 0 Å². The number of hydrogen-bond donors (Lipinski definition) is 2. The van der Waals surface area contributed by atoms with Gasteiger partial charge in [-0.3, -0.25) is 14.7 Å². The maximum Gasteiger partial charge on any atom is 1.00 e. The Bertz CT molecular complexity index is 299. The first-order valence-electron chi connectivity index (χ1n) is 7.28. The van der Waals surface area contributed by atoms with Gasteiger partial charge in [-0.1, -0.05) is 32.6 Å². The summed E-state index contributed by atoms with van der Waals surface area (Å²) in [4.78, 5) is 16.0. The first-order chi connectivity index (χ1) is 9.45. The molecule has 0 aromatic rings. The zero-order valence-corrected chi connectivity index (χ0v) is 16.7. The predicted octanol–water partition coefficient (Wildman–Crippen LogP) is -2.17. The summed E-state index contributed by atoms with van der Waals surface area (Å²) in [5.41, 5.74) is 0. The number of nitrogens with zero attached hydrogens (tertiary/aromatic N) is 2. The molecule has 0 rings (SSSR count). The number of aliphatic imine (C=N–C) groups is 1. The van der Waals surface area contributed by atoms with Crippen molar-refractivity contribution in [2.75, 3.05) is 19.8 Å². The monoisotopic (exact) mass is 326 g/mol. The van der Waals surface area contributed by atoms with Crippen LogP contribution in [0.3, 0.4) is 0 Å². The number of carbonyl (C=O) groups is 1. The SMILES string of the molecule is CCCCCCCC([O-])=NCN(CC(=O)O)CC(C)O.[K+]. The van der Waals surface area contributed by atoms with Crippen LogP contribution in [-0.4, -0.2) is 52.8 Å². The molecule has 7 heteroatoms. The molecule has 21 heavy (non-hydrogen) atoms. The quantitative estimate of drug-likeness (QED) is 0.184. The van der Waals surface area contributed by atoms with Crippen molar-refractivity contribution in [1.82, 2.24) is 4.90 Å². The Kier molecular flexibility index (Phi) is 17.4. The van der Waals surface area contributed by atoms with Gasteiger partial charge in [0.15, 0.2) is 0 Å². The molecule has 0 amide bonds. The predicted molar refractivity (Wildman–Crippen MR) is 76.6 cm³/mol. The minimum absolute atomic E-state index is 0. The average molecular weight is 326 g/mol. The number of aliphatic hydroxyl groups excluding tert-OH is 1. The molecule has 0 bridgehead atoms. The number of aliphatic carboxylic acids is 1. The first kappa shape index (κ1) is 23.8. The van der Waals surface area contributed by atoms with Crippen LogP contribution >= 0.6 is 0 Å². The second-order valence-corrected chi connectivity index (χ2v) is 5.11. The van der Waals surface area contributed by atoms with Crippen molar-refractivity contribution in [2.24, 2.45) is 4.99 Å². The first-order valence-corrected chi connectivity index (χ1v) is 7.28. The molecule has 0 spiro atoms. The zero-order valence-electron chi connectivity index (χ0n) is 13.5. The van der Waals surface area contributed by atoms with E-state index in [1.165, 1.54) is 17.7 Å². The van der Waals surface area contributed by atoms with E-state index in [1.807, 2.05) is 0 Å². The third-order valence-corrected chi connectivity index (χ3v) is 2.82. The average Bonchev–Trinajstić information content (AvgIpc) is 2.34. The molecule has 0 aliphatic heterocycles. The molecule has 0 heterocycles. The van der Waals surface area contributed by atoms with Gasteiger partial charge in [-0.25, -0.2) is 0 Å². The van der Waals surface area contributed by atoms with Crippen LogP contribution < -0.4 is 56.5 Å². The molecule has 0 aliphatic rings. The Morgan fingerprint density at radius 3 is 2.43 bits per heavy atom. The van der Waals surface area contributed by atoms with Crippen molar-refractivity contribution < 1.29 is 71.5 Å². The third kappa shape index (κ3) is 16.7. The van der Waals surface area contributed by atoms with Gasteiger partial charge in [0.25, 0.3) is 0 Å². The third-order valence-electron chi connectivity index (χ3n) is 2.82. The van der Waals surface area contributed by atoms with Crippen LogP contribution in [0.5, 0.6) is 0 Å². The van der Waals surface area contributed by atoms with Gasteiger partial charge in [0.05, 0.1) is 19.3 Å². The van der Waals surface area contributed by atoms with Gasteiger partial charge >= 0.3 is 57.4 Å². The largest absolute Gasteiger partial charge is 1.00 e. The fourth-order valence-electron chi connectivity index (χ4n) is 1.87. The minimum Gasteiger partial charge on any atom is -0.862 e. The molecule has 118 valence electrons. The van der Waals surface area contributed by atoms with E-state index in [9.17, 15) is 15.0 Å². The maximum absolute atomic E-state index is 11.5. The van der Waals surface area contributed by atoms with Crippen LogP contribution in [0.25, 0.3) is 0 Å². The summed E-state index contributed by atoms with van der Waals surface area (Å²) in [7, 11) is 0. The Labute approximate surface area is 170 Å². The molecule has 0 fully saturated rings. The summed E-state index contributed by atoms with van der Waals surface area (Å²) >= 11 is 0. The summed E-state index contributed by atoms with van der Waals surface area (Å²) in [5.74, 6) is -1.18. The molecule has 6 nitrogen and oxygen atoms in total. The molecule has 0 aliphatic carbocycles. The van der Waals surface area contributed by atoms with E-state index in [2.05, 4.69) is 11.9 Å². The van der Waals surface area contributed by atoms with Gasteiger partial charge in [-0.05, 0) is 25.7 Å². The van der Waals surface area contributed by atoms with Crippen molar-refractivity contribution in [3.63, 3.8) is 0 Å². The van der Waals surface area contributed by atoms with Crippen LogP contribution in [-0.2, 0) is 4.79 Å². The van der Waals surface area contributed by atoms with Crippen LogP contribution in [0.2, 0.25) is 0 Å². The summed E-state index contributed by atoms with van der Waals surface area (Å²) in [6.07, 6.45) is 5.12. The van der Waals surface area contributed by atoms with Crippen molar-refractivity contribution in [1.29, 1.82) is 0 Å². The standard InChI is InChI=1S/C14H28N2O4.K/c1-3-4-5-6-7-8-13(18)15-11-16(9-12(2)17)10-14(19)20;/h12,17H,3-11H2,1-2H3,(H,15,18)(H,19,20);/q;+1/p-1. The van der Waals surface area contributed by atoms with Gasteiger partial charge in [0.2, 0.25) is 0 Å².